The summed E-state index contributed by atoms with van der Waals surface area (Å²) < 4.78 is 16.1. The summed E-state index contributed by atoms with van der Waals surface area (Å²) in [7, 11) is 0. The maximum Gasteiger partial charge on any atom is 0.254 e. The van der Waals surface area contributed by atoms with Crippen LogP contribution in [0, 0.1) is 0 Å². The number of fused-ring (bicyclic) bond motifs is 1. The Kier molecular flexibility index (Phi) is 5.33. The van der Waals surface area contributed by atoms with Crippen molar-refractivity contribution in [1.82, 2.24) is 14.8 Å². The molecular formula is C18H21N3O4S. The molecule has 0 aliphatic carbocycles. The first kappa shape index (κ1) is 17.3. The second kappa shape index (κ2) is 8.03. The summed E-state index contributed by atoms with van der Waals surface area (Å²) in [5.41, 5.74) is 0.604. The van der Waals surface area contributed by atoms with Crippen LogP contribution >= 0.6 is 11.3 Å². The molecule has 1 aromatic heterocycles. The lowest BCUT2D eigenvalue weighted by molar-refractivity contribution is 0.0320. The van der Waals surface area contributed by atoms with Crippen molar-refractivity contribution in [3.8, 4) is 11.5 Å². The first-order chi connectivity index (χ1) is 12.8. The van der Waals surface area contributed by atoms with Gasteiger partial charge in [-0.05, 0) is 18.2 Å². The quantitative estimate of drug-likeness (QED) is 0.768. The highest BCUT2D eigenvalue weighted by atomic mass is 32.1. The van der Waals surface area contributed by atoms with Crippen LogP contribution in [0.1, 0.15) is 15.4 Å². The van der Waals surface area contributed by atoms with E-state index in [1.54, 1.807) is 35.7 Å². The Morgan fingerprint density at radius 1 is 1.23 bits per heavy atom. The van der Waals surface area contributed by atoms with Crippen molar-refractivity contribution in [2.75, 3.05) is 46.2 Å². The van der Waals surface area contributed by atoms with Crippen molar-refractivity contribution >= 4 is 17.2 Å². The van der Waals surface area contributed by atoms with Gasteiger partial charge in [0.25, 0.3) is 5.91 Å². The van der Waals surface area contributed by atoms with Crippen LogP contribution < -0.4 is 9.47 Å². The average molecular weight is 375 g/mol. The van der Waals surface area contributed by atoms with Crippen LogP contribution in [-0.4, -0.2) is 66.9 Å². The first-order valence-corrected chi connectivity index (χ1v) is 9.55. The number of aromatic nitrogens is 1. The van der Waals surface area contributed by atoms with Crippen LogP contribution in [0.5, 0.6) is 11.5 Å². The van der Waals surface area contributed by atoms with Gasteiger partial charge >= 0.3 is 0 Å². The zero-order chi connectivity index (χ0) is 17.8. The van der Waals surface area contributed by atoms with Gasteiger partial charge in [0.2, 0.25) is 6.79 Å². The average Bonchev–Trinajstić information content (AvgIpc) is 3.36. The highest BCUT2D eigenvalue weighted by Gasteiger charge is 2.22. The Morgan fingerprint density at radius 2 is 2.08 bits per heavy atom. The monoisotopic (exact) mass is 375 g/mol. The number of carbonyl (C=O) groups is 1. The summed E-state index contributed by atoms with van der Waals surface area (Å²) in [5, 5.41) is 2.86. The summed E-state index contributed by atoms with van der Waals surface area (Å²) in [4.78, 5) is 21.6. The van der Waals surface area contributed by atoms with Gasteiger partial charge in [0, 0.05) is 43.3 Å². The highest BCUT2D eigenvalue weighted by molar-refractivity contribution is 7.09. The fraction of sp³-hybridized carbons (Fsp3) is 0.444. The van der Waals surface area contributed by atoms with E-state index in [2.05, 4.69) is 9.88 Å². The van der Waals surface area contributed by atoms with E-state index in [0.717, 1.165) is 37.9 Å². The molecule has 1 fully saturated rings. The van der Waals surface area contributed by atoms with Crippen LogP contribution in [0.25, 0.3) is 0 Å². The standard InChI is InChI=1S/C18H21N3O4S/c22-18(14-1-2-15-16(11-14)25-13-24-15)21(12-17-19-3-10-26-17)5-4-20-6-8-23-9-7-20/h1-3,10-11H,4-9,12-13H2. The molecule has 7 nitrogen and oxygen atoms in total. The lowest BCUT2D eigenvalue weighted by Crippen LogP contribution is -2.42. The number of carbonyl (C=O) groups excluding carboxylic acids is 1. The molecule has 2 aromatic rings. The Hall–Kier alpha value is -2.16. The van der Waals surface area contributed by atoms with Gasteiger partial charge in [-0.25, -0.2) is 4.98 Å². The minimum Gasteiger partial charge on any atom is -0.454 e. The molecule has 1 aromatic carbocycles. The summed E-state index contributed by atoms with van der Waals surface area (Å²) in [6.45, 7) is 5.50. The second-order valence-electron chi connectivity index (χ2n) is 6.17. The number of thiazole rings is 1. The summed E-state index contributed by atoms with van der Waals surface area (Å²) in [6.07, 6.45) is 1.77. The predicted octanol–water partition coefficient (Wildman–Crippen LogP) is 1.85. The fourth-order valence-corrected chi connectivity index (χ4v) is 3.68. The Morgan fingerprint density at radius 3 is 2.88 bits per heavy atom. The highest BCUT2D eigenvalue weighted by Crippen LogP contribution is 2.33. The molecule has 26 heavy (non-hydrogen) atoms. The molecule has 3 heterocycles. The molecule has 138 valence electrons. The van der Waals surface area contributed by atoms with Crippen molar-refractivity contribution in [3.63, 3.8) is 0 Å². The molecule has 8 heteroatoms. The van der Waals surface area contributed by atoms with Crippen LogP contribution in [0.2, 0.25) is 0 Å². The molecule has 4 rings (SSSR count). The number of rotatable bonds is 6. The molecule has 0 unspecified atom stereocenters. The van der Waals surface area contributed by atoms with E-state index in [1.165, 1.54) is 0 Å². The van der Waals surface area contributed by atoms with Gasteiger partial charge in [0.05, 0.1) is 19.8 Å². The molecule has 2 aliphatic rings. The normalized spacial score (nSPS) is 16.6. The predicted molar refractivity (Wildman–Crippen MR) is 96.7 cm³/mol. The minimum absolute atomic E-state index is 0.0215. The number of benzene rings is 1. The molecule has 1 amide bonds. The Balaban J connectivity index is 1.48. The number of nitrogens with zero attached hydrogens (tertiary/aromatic N) is 3. The summed E-state index contributed by atoms with van der Waals surface area (Å²) >= 11 is 1.56. The number of amides is 1. The Labute approximate surface area is 156 Å². The Bertz CT molecular complexity index is 747. The van der Waals surface area contributed by atoms with Crippen molar-refractivity contribution in [2.24, 2.45) is 0 Å². The van der Waals surface area contributed by atoms with Crippen LogP contribution in [-0.2, 0) is 11.3 Å². The third-order valence-electron chi connectivity index (χ3n) is 4.51. The number of ether oxygens (including phenoxy) is 3. The van der Waals surface area contributed by atoms with Crippen molar-refractivity contribution in [1.29, 1.82) is 0 Å². The van der Waals surface area contributed by atoms with E-state index in [1.807, 2.05) is 10.3 Å². The van der Waals surface area contributed by atoms with Gasteiger partial charge in [0.1, 0.15) is 5.01 Å². The molecule has 0 spiro atoms. The van der Waals surface area contributed by atoms with E-state index in [-0.39, 0.29) is 12.7 Å². The molecule has 1 saturated heterocycles. The number of morpholine rings is 1. The van der Waals surface area contributed by atoms with E-state index >= 15 is 0 Å². The molecule has 0 saturated carbocycles. The van der Waals surface area contributed by atoms with Crippen molar-refractivity contribution in [2.45, 2.75) is 6.54 Å². The third-order valence-corrected chi connectivity index (χ3v) is 5.27. The van der Waals surface area contributed by atoms with Crippen molar-refractivity contribution < 1.29 is 19.0 Å². The van der Waals surface area contributed by atoms with Gasteiger partial charge in [0.15, 0.2) is 11.5 Å². The lowest BCUT2D eigenvalue weighted by Gasteiger charge is -2.30. The third kappa shape index (κ3) is 3.98. The zero-order valence-electron chi connectivity index (χ0n) is 14.4. The smallest absolute Gasteiger partial charge is 0.254 e. The molecule has 0 N–H and O–H groups in total. The zero-order valence-corrected chi connectivity index (χ0v) is 15.2. The lowest BCUT2D eigenvalue weighted by atomic mass is 10.1. The first-order valence-electron chi connectivity index (χ1n) is 8.67. The number of hydrogen-bond donors (Lipinski definition) is 0. The topological polar surface area (TPSA) is 64.1 Å². The van der Waals surface area contributed by atoms with Gasteiger partial charge < -0.3 is 19.1 Å². The fourth-order valence-electron chi connectivity index (χ4n) is 3.05. The van der Waals surface area contributed by atoms with Gasteiger partial charge in [-0.15, -0.1) is 11.3 Å². The second-order valence-corrected chi connectivity index (χ2v) is 7.15. The summed E-state index contributed by atoms with van der Waals surface area (Å²) in [5.74, 6) is 1.28. The van der Waals surface area contributed by atoms with Crippen LogP contribution in [0.4, 0.5) is 0 Å². The minimum atomic E-state index is -0.0215. The SMILES string of the molecule is O=C(c1ccc2c(c1)OCO2)N(CCN1CCOCC1)Cc1nccs1. The van der Waals surface area contributed by atoms with Gasteiger partial charge in [-0.2, -0.15) is 0 Å². The largest absolute Gasteiger partial charge is 0.454 e. The molecule has 0 atom stereocenters. The maximum absolute atomic E-state index is 13.1. The van der Waals surface area contributed by atoms with E-state index in [4.69, 9.17) is 14.2 Å². The van der Waals surface area contributed by atoms with Crippen LogP contribution in [0.15, 0.2) is 29.8 Å². The molecule has 2 aliphatic heterocycles. The molecule has 0 radical (unpaired) electrons. The van der Waals surface area contributed by atoms with Gasteiger partial charge in [-0.3, -0.25) is 9.69 Å². The van der Waals surface area contributed by atoms with E-state index < -0.39 is 0 Å². The molecule has 0 bridgehead atoms. The summed E-state index contributed by atoms with van der Waals surface area (Å²) in [6, 6.07) is 5.34. The van der Waals surface area contributed by atoms with Crippen molar-refractivity contribution in [3.05, 3.63) is 40.3 Å². The van der Waals surface area contributed by atoms with E-state index in [9.17, 15) is 4.79 Å². The van der Waals surface area contributed by atoms with Crippen LogP contribution in [0.3, 0.4) is 0 Å². The maximum atomic E-state index is 13.1. The molecular weight excluding hydrogens is 354 g/mol. The van der Waals surface area contributed by atoms with Gasteiger partial charge in [-0.1, -0.05) is 0 Å². The number of hydrogen-bond acceptors (Lipinski definition) is 7. The van der Waals surface area contributed by atoms with E-state index in [0.29, 0.717) is 30.2 Å².